The van der Waals surface area contributed by atoms with Gasteiger partial charge < -0.3 is 5.32 Å². The highest BCUT2D eigenvalue weighted by Gasteiger charge is 2.17. The summed E-state index contributed by atoms with van der Waals surface area (Å²) in [5.41, 5.74) is -0.0756. The molecule has 0 radical (unpaired) electrons. The smallest absolute Gasteiger partial charge is 0.150 e. The quantitative estimate of drug-likeness (QED) is 0.807. The van der Waals surface area contributed by atoms with E-state index in [4.69, 9.17) is 34.8 Å². The lowest BCUT2D eigenvalue weighted by molar-refractivity contribution is 0.545. The minimum absolute atomic E-state index is 0.0756. The lowest BCUT2D eigenvalue weighted by Gasteiger charge is -2.25. The monoisotopic (exact) mass is 266 g/mol. The zero-order valence-electron chi connectivity index (χ0n) is 8.87. The van der Waals surface area contributed by atoms with Crippen LogP contribution in [-0.4, -0.2) is 10.5 Å². The lowest BCUT2D eigenvalue weighted by atomic mass is 10.0. The van der Waals surface area contributed by atoms with Gasteiger partial charge in [-0.2, -0.15) is 0 Å². The number of anilines is 1. The standard InChI is InChI=1S/C10H13Cl3N2/c1-4-10(2,3)15-9-7(12)5-6(11)8(13)14-9/h5H,4H2,1-3H3,(H,14,15). The first-order valence-electron chi connectivity index (χ1n) is 4.65. The third-order valence-corrected chi connectivity index (χ3v) is 3.19. The molecule has 1 heterocycles. The molecule has 0 spiro atoms. The minimum atomic E-state index is -0.0756. The van der Waals surface area contributed by atoms with Gasteiger partial charge in [0.25, 0.3) is 0 Å². The predicted octanol–water partition coefficient (Wildman–Crippen LogP) is 4.64. The van der Waals surface area contributed by atoms with Crippen molar-refractivity contribution < 1.29 is 0 Å². The van der Waals surface area contributed by atoms with Crippen LogP contribution in [0.1, 0.15) is 27.2 Å². The molecule has 1 rings (SSSR count). The molecule has 84 valence electrons. The normalized spacial score (nSPS) is 11.6. The molecule has 0 saturated carbocycles. The summed E-state index contributed by atoms with van der Waals surface area (Å²) in [6.07, 6.45) is 0.950. The highest BCUT2D eigenvalue weighted by Crippen LogP contribution is 2.30. The number of hydrogen-bond donors (Lipinski definition) is 1. The molecule has 0 aromatic carbocycles. The first-order valence-corrected chi connectivity index (χ1v) is 5.79. The van der Waals surface area contributed by atoms with Crippen molar-refractivity contribution in [2.24, 2.45) is 0 Å². The zero-order valence-corrected chi connectivity index (χ0v) is 11.1. The number of nitrogens with one attached hydrogen (secondary N) is 1. The van der Waals surface area contributed by atoms with E-state index in [0.29, 0.717) is 15.9 Å². The maximum atomic E-state index is 6.00. The molecule has 5 heteroatoms. The van der Waals surface area contributed by atoms with E-state index in [2.05, 4.69) is 31.1 Å². The second-order valence-corrected chi connectivity index (χ2v) is 5.13. The van der Waals surface area contributed by atoms with Crippen LogP contribution in [0.5, 0.6) is 0 Å². The second kappa shape index (κ2) is 4.77. The summed E-state index contributed by atoms with van der Waals surface area (Å²) in [5, 5.41) is 4.32. The van der Waals surface area contributed by atoms with Gasteiger partial charge in [-0.25, -0.2) is 4.98 Å². The van der Waals surface area contributed by atoms with Crippen molar-refractivity contribution in [3.05, 3.63) is 21.3 Å². The molecular formula is C10H13Cl3N2. The average Bonchev–Trinajstić information content (AvgIpc) is 2.14. The van der Waals surface area contributed by atoms with Gasteiger partial charge in [0, 0.05) is 5.54 Å². The Hall–Kier alpha value is -0.180. The molecule has 0 aliphatic heterocycles. The summed E-state index contributed by atoms with van der Waals surface area (Å²) in [6, 6.07) is 1.59. The SMILES string of the molecule is CCC(C)(C)Nc1nc(Cl)c(Cl)cc1Cl. The van der Waals surface area contributed by atoms with Crippen LogP contribution in [0, 0.1) is 0 Å². The van der Waals surface area contributed by atoms with Crippen LogP contribution >= 0.6 is 34.8 Å². The van der Waals surface area contributed by atoms with Crippen molar-refractivity contribution in [3.8, 4) is 0 Å². The number of aromatic nitrogens is 1. The van der Waals surface area contributed by atoms with Crippen LogP contribution in [0.15, 0.2) is 6.07 Å². The van der Waals surface area contributed by atoms with Gasteiger partial charge in [0.05, 0.1) is 10.0 Å². The van der Waals surface area contributed by atoms with E-state index in [9.17, 15) is 0 Å². The van der Waals surface area contributed by atoms with E-state index in [1.54, 1.807) is 6.07 Å². The van der Waals surface area contributed by atoms with Gasteiger partial charge >= 0.3 is 0 Å². The van der Waals surface area contributed by atoms with Crippen LogP contribution in [0.3, 0.4) is 0 Å². The third kappa shape index (κ3) is 3.40. The lowest BCUT2D eigenvalue weighted by Crippen LogP contribution is -2.30. The third-order valence-electron chi connectivity index (χ3n) is 2.23. The summed E-state index contributed by atoms with van der Waals surface area (Å²) in [4.78, 5) is 4.10. The Morgan fingerprint density at radius 1 is 1.27 bits per heavy atom. The van der Waals surface area contributed by atoms with Crippen molar-refractivity contribution in [3.63, 3.8) is 0 Å². The van der Waals surface area contributed by atoms with Crippen molar-refractivity contribution in [1.82, 2.24) is 4.98 Å². The highest BCUT2D eigenvalue weighted by molar-refractivity contribution is 6.42. The Kier molecular flexibility index (Phi) is 4.10. The van der Waals surface area contributed by atoms with Crippen LogP contribution in [0.25, 0.3) is 0 Å². The van der Waals surface area contributed by atoms with E-state index >= 15 is 0 Å². The number of rotatable bonds is 3. The Labute approximate surface area is 105 Å². The van der Waals surface area contributed by atoms with E-state index in [1.165, 1.54) is 0 Å². The van der Waals surface area contributed by atoms with Crippen LogP contribution in [0.4, 0.5) is 5.82 Å². The molecule has 0 fully saturated rings. The Morgan fingerprint density at radius 3 is 2.40 bits per heavy atom. The fraction of sp³-hybridized carbons (Fsp3) is 0.500. The first kappa shape index (κ1) is 12.9. The van der Waals surface area contributed by atoms with Crippen molar-refractivity contribution in [1.29, 1.82) is 0 Å². The van der Waals surface area contributed by atoms with E-state index in [0.717, 1.165) is 6.42 Å². The summed E-state index contributed by atoms with van der Waals surface area (Å²) in [6.45, 7) is 6.21. The van der Waals surface area contributed by atoms with Crippen molar-refractivity contribution >= 4 is 40.6 Å². The van der Waals surface area contributed by atoms with E-state index in [-0.39, 0.29) is 10.7 Å². The van der Waals surface area contributed by atoms with Gasteiger partial charge in [0.15, 0.2) is 0 Å². The molecule has 0 aliphatic carbocycles. The summed E-state index contributed by atoms with van der Waals surface area (Å²) >= 11 is 17.6. The summed E-state index contributed by atoms with van der Waals surface area (Å²) in [7, 11) is 0. The molecule has 1 aromatic rings. The molecule has 0 aliphatic rings. The number of nitrogens with zero attached hydrogens (tertiary/aromatic N) is 1. The summed E-state index contributed by atoms with van der Waals surface area (Å²) < 4.78 is 0. The number of halogens is 3. The Balaban J connectivity index is 3.01. The maximum Gasteiger partial charge on any atom is 0.150 e. The molecule has 15 heavy (non-hydrogen) atoms. The first-order chi connectivity index (χ1) is 6.85. The topological polar surface area (TPSA) is 24.9 Å². The van der Waals surface area contributed by atoms with Gasteiger partial charge in [-0.3, -0.25) is 0 Å². The highest BCUT2D eigenvalue weighted by atomic mass is 35.5. The minimum Gasteiger partial charge on any atom is -0.364 e. The zero-order chi connectivity index (χ0) is 11.6. The molecule has 0 amide bonds. The molecular weight excluding hydrogens is 254 g/mol. The Morgan fingerprint density at radius 2 is 1.87 bits per heavy atom. The van der Waals surface area contributed by atoms with E-state index in [1.807, 2.05) is 0 Å². The number of hydrogen-bond acceptors (Lipinski definition) is 2. The van der Waals surface area contributed by atoms with Crippen molar-refractivity contribution in [2.75, 3.05) is 5.32 Å². The van der Waals surface area contributed by atoms with E-state index < -0.39 is 0 Å². The summed E-state index contributed by atoms with van der Waals surface area (Å²) in [5.74, 6) is 0.568. The van der Waals surface area contributed by atoms with Crippen LogP contribution in [-0.2, 0) is 0 Å². The molecule has 0 unspecified atom stereocenters. The maximum absolute atomic E-state index is 6.00. The average molecular weight is 268 g/mol. The van der Waals surface area contributed by atoms with Gasteiger partial charge in [0.1, 0.15) is 11.0 Å². The predicted molar refractivity (Wildman–Crippen MR) is 67.3 cm³/mol. The van der Waals surface area contributed by atoms with Gasteiger partial charge in [0.2, 0.25) is 0 Å². The second-order valence-electron chi connectivity index (χ2n) is 3.95. The fourth-order valence-corrected chi connectivity index (χ4v) is 1.49. The molecule has 0 atom stereocenters. The van der Waals surface area contributed by atoms with Gasteiger partial charge in [-0.05, 0) is 26.3 Å². The molecule has 0 bridgehead atoms. The fourth-order valence-electron chi connectivity index (χ4n) is 0.941. The van der Waals surface area contributed by atoms with Gasteiger partial charge in [-0.1, -0.05) is 41.7 Å². The van der Waals surface area contributed by atoms with Crippen LogP contribution < -0.4 is 5.32 Å². The molecule has 1 aromatic heterocycles. The molecule has 1 N–H and O–H groups in total. The number of pyridine rings is 1. The molecule has 2 nitrogen and oxygen atoms in total. The van der Waals surface area contributed by atoms with Crippen molar-refractivity contribution in [2.45, 2.75) is 32.7 Å². The van der Waals surface area contributed by atoms with Gasteiger partial charge in [-0.15, -0.1) is 0 Å². The van der Waals surface area contributed by atoms with Crippen LogP contribution in [0.2, 0.25) is 15.2 Å². The molecule has 0 saturated heterocycles. The largest absolute Gasteiger partial charge is 0.364 e. The Bertz CT molecular complexity index is 364.